The van der Waals surface area contributed by atoms with E-state index in [0.717, 1.165) is 18.4 Å². The first kappa shape index (κ1) is 42.5. The van der Waals surface area contributed by atoms with Crippen molar-refractivity contribution in [3.63, 3.8) is 0 Å². The maximum Gasteiger partial charge on any atom is 0.192 e. The summed E-state index contributed by atoms with van der Waals surface area (Å²) in [5.41, 5.74) is 1.01. The molecule has 1 aromatic rings. The number of hydrogen-bond acceptors (Lipinski definition) is 8. The maximum atomic E-state index is 13.9. The topological polar surface area (TPSA) is 101 Å². The van der Waals surface area contributed by atoms with Gasteiger partial charge in [-0.2, -0.15) is 0 Å². The zero-order chi connectivity index (χ0) is 37.0. The smallest absolute Gasteiger partial charge is 0.192 e. The molecule has 3 rings (SSSR count). The number of benzene rings is 1. The number of methoxy groups -OCH3 is 1. The minimum absolute atomic E-state index is 0.00378. The third-order valence-electron chi connectivity index (χ3n) is 11.8. The van der Waals surface area contributed by atoms with Crippen molar-refractivity contribution < 1.29 is 36.6 Å². The molecular weight excluding hydrogens is 673 g/mol. The molecule has 2 aliphatic heterocycles. The van der Waals surface area contributed by atoms with Crippen molar-refractivity contribution in [2.24, 2.45) is 11.8 Å². The molecule has 2 saturated heterocycles. The molecule has 11 heteroatoms. The summed E-state index contributed by atoms with van der Waals surface area (Å²) < 4.78 is 61.3. The van der Waals surface area contributed by atoms with Gasteiger partial charge in [-0.3, -0.25) is 0 Å². The molecule has 0 aromatic heterocycles. The molecule has 2 fully saturated rings. The highest BCUT2D eigenvalue weighted by Crippen LogP contribution is 2.43. The summed E-state index contributed by atoms with van der Waals surface area (Å²) in [6, 6.07) is 8.64. The number of sulfone groups is 1. The van der Waals surface area contributed by atoms with Crippen molar-refractivity contribution in [2.45, 2.75) is 158 Å². The van der Waals surface area contributed by atoms with Crippen molar-refractivity contribution in [3.05, 3.63) is 42.5 Å². The van der Waals surface area contributed by atoms with Crippen LogP contribution in [0.5, 0.6) is 0 Å². The van der Waals surface area contributed by atoms with Crippen LogP contribution in [0.2, 0.25) is 36.3 Å². The fourth-order valence-electron chi connectivity index (χ4n) is 6.50. The van der Waals surface area contributed by atoms with Crippen LogP contribution >= 0.6 is 0 Å². The molecule has 1 N–H and O–H groups in total. The minimum Gasteiger partial charge on any atom is -0.414 e. The Hall–Kier alpha value is -0.896. The van der Waals surface area contributed by atoms with E-state index < -0.39 is 50.7 Å². The zero-order valence-electron chi connectivity index (χ0n) is 32.6. The molecule has 282 valence electrons. The number of ether oxygens (including phenoxy) is 3. The largest absolute Gasteiger partial charge is 0.414 e. The van der Waals surface area contributed by atoms with Crippen molar-refractivity contribution in [2.75, 3.05) is 26.1 Å². The van der Waals surface area contributed by atoms with Crippen LogP contribution in [-0.4, -0.2) is 92.9 Å². The van der Waals surface area contributed by atoms with Gasteiger partial charge in [-0.25, -0.2) is 8.42 Å². The minimum atomic E-state index is -3.65. The van der Waals surface area contributed by atoms with Gasteiger partial charge in [0.05, 0.1) is 53.9 Å². The van der Waals surface area contributed by atoms with Gasteiger partial charge in [0.1, 0.15) is 0 Å². The van der Waals surface area contributed by atoms with E-state index >= 15 is 0 Å². The quantitative estimate of drug-likeness (QED) is 0.134. The van der Waals surface area contributed by atoms with Crippen LogP contribution in [0.3, 0.4) is 0 Å². The predicted octanol–water partition coefficient (Wildman–Crippen LogP) is 8.17. The molecule has 0 radical (unpaired) electrons. The summed E-state index contributed by atoms with van der Waals surface area (Å²) >= 11 is 0. The fourth-order valence-corrected chi connectivity index (χ4v) is 10.6. The molecule has 0 saturated carbocycles. The van der Waals surface area contributed by atoms with Gasteiger partial charge in [0.2, 0.25) is 0 Å². The van der Waals surface area contributed by atoms with E-state index in [1.165, 1.54) is 0 Å². The van der Waals surface area contributed by atoms with Crippen LogP contribution in [0.1, 0.15) is 80.6 Å². The highest BCUT2D eigenvalue weighted by atomic mass is 32.2. The summed E-state index contributed by atoms with van der Waals surface area (Å²) in [5.74, 6) is -0.285. The average Bonchev–Trinajstić information content (AvgIpc) is 3.30. The van der Waals surface area contributed by atoms with Crippen LogP contribution in [0.4, 0.5) is 0 Å². The first-order chi connectivity index (χ1) is 22.5. The van der Waals surface area contributed by atoms with Crippen LogP contribution in [0.15, 0.2) is 47.4 Å². The summed E-state index contributed by atoms with van der Waals surface area (Å²) in [6.07, 6.45) is 1.49. The Bertz CT molecular complexity index is 1300. The van der Waals surface area contributed by atoms with Gasteiger partial charge in [-0.05, 0) is 79.2 Å². The maximum absolute atomic E-state index is 13.9. The van der Waals surface area contributed by atoms with Gasteiger partial charge in [-0.15, -0.1) is 0 Å². The Balaban J connectivity index is 1.97. The average molecular weight is 741 g/mol. The van der Waals surface area contributed by atoms with Gasteiger partial charge in [0.25, 0.3) is 0 Å². The van der Waals surface area contributed by atoms with Crippen molar-refractivity contribution >= 4 is 26.5 Å². The fraction of sp³-hybridized carbons (Fsp3) is 0.789. The SMILES string of the molecule is C=C1C(CC2O[C@H](CC(CO[Si](C)(C)C(C)(C)C)O[Si](C)(C)C(C)(C)C)[C@H](OC)[C@H]2CS(=O)(=O)c2ccccc2)OC(CCCO)C[C@H]1C. The summed E-state index contributed by atoms with van der Waals surface area (Å²) in [5, 5.41) is 9.51. The third kappa shape index (κ3) is 11.1. The lowest BCUT2D eigenvalue weighted by Gasteiger charge is -2.42. The molecule has 0 aliphatic carbocycles. The lowest BCUT2D eigenvalue weighted by atomic mass is 9.83. The zero-order valence-corrected chi connectivity index (χ0v) is 35.4. The van der Waals surface area contributed by atoms with Crippen molar-refractivity contribution in [3.8, 4) is 0 Å². The molecule has 8 nitrogen and oxygen atoms in total. The second kappa shape index (κ2) is 16.8. The van der Waals surface area contributed by atoms with E-state index in [0.29, 0.717) is 30.8 Å². The second-order valence-electron chi connectivity index (χ2n) is 17.5. The first-order valence-corrected chi connectivity index (χ1v) is 25.7. The summed E-state index contributed by atoms with van der Waals surface area (Å²) in [7, 11) is -6.28. The molecule has 2 heterocycles. The molecule has 49 heavy (non-hydrogen) atoms. The molecule has 0 bridgehead atoms. The van der Waals surface area contributed by atoms with Gasteiger partial charge >= 0.3 is 0 Å². The lowest BCUT2D eigenvalue weighted by Crippen LogP contribution is -2.49. The number of aliphatic hydroxyl groups excluding tert-OH is 1. The normalized spacial score (nSPS) is 28.2. The first-order valence-electron chi connectivity index (χ1n) is 18.3. The number of hydrogen-bond donors (Lipinski definition) is 1. The van der Waals surface area contributed by atoms with E-state index in [9.17, 15) is 13.5 Å². The van der Waals surface area contributed by atoms with Gasteiger partial charge < -0.3 is 28.2 Å². The van der Waals surface area contributed by atoms with Gasteiger partial charge in [-0.1, -0.05) is 73.2 Å². The van der Waals surface area contributed by atoms with Crippen LogP contribution in [-0.2, 0) is 32.9 Å². The Morgan fingerprint density at radius 2 is 1.59 bits per heavy atom. The number of rotatable bonds is 16. The summed E-state index contributed by atoms with van der Waals surface area (Å²) in [6.45, 7) is 29.6. The third-order valence-corrected chi connectivity index (χ3v) is 22.6. The number of aliphatic hydroxyl groups is 1. The van der Waals surface area contributed by atoms with Crippen LogP contribution in [0.25, 0.3) is 0 Å². The van der Waals surface area contributed by atoms with Crippen LogP contribution < -0.4 is 0 Å². The summed E-state index contributed by atoms with van der Waals surface area (Å²) in [4.78, 5) is 0.296. The second-order valence-corrected chi connectivity index (χ2v) is 29.1. The van der Waals surface area contributed by atoms with Crippen LogP contribution in [0, 0.1) is 11.8 Å². The standard InChI is InChI=1S/C38H68O8SSi2/c1-27-22-29(18-17-21-39)44-33(28(27)2)24-34-32(26-47(40,41)31-19-15-14-16-20-31)36(42-9)35(45-34)23-30(46-49(12,13)38(6,7)8)25-43-48(10,11)37(3,4)5/h14-16,19-20,27,29-30,32-36,39H,2,17-18,21-26H2,1,3-13H3/t27-,29?,30?,32+,33?,34?,35-,36-/m1/s1. The van der Waals surface area contributed by atoms with E-state index in [1.807, 2.05) is 6.07 Å². The molecule has 8 atom stereocenters. The van der Waals surface area contributed by atoms with E-state index in [1.54, 1.807) is 31.4 Å². The molecule has 0 spiro atoms. The molecule has 2 aliphatic rings. The van der Waals surface area contributed by atoms with Gasteiger partial charge in [0, 0.05) is 32.5 Å². The Labute approximate surface area is 300 Å². The molecule has 0 amide bonds. The molecule has 1 aromatic carbocycles. The predicted molar refractivity (Wildman–Crippen MR) is 204 cm³/mol. The van der Waals surface area contributed by atoms with Crippen molar-refractivity contribution in [1.82, 2.24) is 0 Å². The van der Waals surface area contributed by atoms with E-state index in [4.69, 9.17) is 23.1 Å². The Morgan fingerprint density at radius 1 is 0.980 bits per heavy atom. The lowest BCUT2D eigenvalue weighted by molar-refractivity contribution is -0.0760. The van der Waals surface area contributed by atoms with Crippen molar-refractivity contribution in [1.29, 1.82) is 0 Å². The van der Waals surface area contributed by atoms with Gasteiger partial charge in [0.15, 0.2) is 26.5 Å². The Morgan fingerprint density at radius 3 is 2.14 bits per heavy atom. The van der Waals surface area contributed by atoms with E-state index in [-0.39, 0.29) is 46.7 Å². The monoisotopic (exact) mass is 740 g/mol. The molecular formula is C38H68O8SSi2. The molecule has 4 unspecified atom stereocenters. The highest BCUT2D eigenvalue weighted by Gasteiger charge is 2.50. The highest BCUT2D eigenvalue weighted by molar-refractivity contribution is 7.91. The van der Waals surface area contributed by atoms with E-state index in [2.05, 4.69) is 81.2 Å². The Kier molecular flexibility index (Phi) is 14.6.